The van der Waals surface area contributed by atoms with Gasteiger partial charge in [0.05, 0.1) is 11.3 Å². The highest BCUT2D eigenvalue weighted by atomic mass is 32.2. The third-order valence-corrected chi connectivity index (χ3v) is 7.03. The number of nitrogens with one attached hydrogen (secondary N) is 1. The van der Waals surface area contributed by atoms with Crippen molar-refractivity contribution in [3.05, 3.63) is 82.3 Å². The van der Waals surface area contributed by atoms with Gasteiger partial charge in [0.1, 0.15) is 17.7 Å². The molecule has 0 aliphatic heterocycles. The molecule has 1 amide bonds. The highest BCUT2D eigenvalue weighted by Crippen LogP contribution is 2.29. The van der Waals surface area contributed by atoms with E-state index in [0.29, 0.717) is 23.1 Å². The number of carbonyl (C=O) groups excluding carboxylic acids is 1. The lowest BCUT2D eigenvalue weighted by molar-refractivity contribution is -0.113. The fourth-order valence-corrected chi connectivity index (χ4v) is 4.61. The first-order chi connectivity index (χ1) is 16.8. The largest absolute Gasteiger partial charge is 0.326 e. The van der Waals surface area contributed by atoms with E-state index >= 15 is 0 Å². The number of thioether (sulfide) groups is 1. The molecule has 0 bridgehead atoms. The van der Waals surface area contributed by atoms with E-state index in [2.05, 4.69) is 21.6 Å². The Kier molecular flexibility index (Phi) is 7.03. The molecular formula is C26H25FN6OS. The number of hydrogen-bond donors (Lipinski definition) is 1. The molecule has 0 aliphatic rings. The Hall–Kier alpha value is -3.90. The van der Waals surface area contributed by atoms with Crippen molar-refractivity contribution in [2.45, 2.75) is 32.5 Å². The van der Waals surface area contributed by atoms with E-state index in [-0.39, 0.29) is 17.5 Å². The van der Waals surface area contributed by atoms with Crippen molar-refractivity contribution in [3.8, 4) is 17.5 Å². The number of rotatable bonds is 7. The normalized spacial score (nSPS) is 10.9. The lowest BCUT2D eigenvalue weighted by atomic mass is 10.1. The van der Waals surface area contributed by atoms with E-state index in [0.717, 1.165) is 33.8 Å². The van der Waals surface area contributed by atoms with Crippen LogP contribution in [0.3, 0.4) is 0 Å². The number of carbonyl (C=O) groups is 1. The Labute approximate surface area is 207 Å². The lowest BCUT2D eigenvalue weighted by Gasteiger charge is -2.13. The van der Waals surface area contributed by atoms with Crippen LogP contribution in [0.15, 0.2) is 53.7 Å². The van der Waals surface area contributed by atoms with Gasteiger partial charge in [-0.3, -0.25) is 4.79 Å². The zero-order chi connectivity index (χ0) is 25.1. The van der Waals surface area contributed by atoms with Gasteiger partial charge < -0.3 is 14.5 Å². The van der Waals surface area contributed by atoms with E-state index in [1.54, 1.807) is 12.1 Å². The molecule has 7 nitrogen and oxygen atoms in total. The summed E-state index contributed by atoms with van der Waals surface area (Å²) in [4.78, 5) is 12.9. The molecule has 2 aromatic heterocycles. The molecule has 178 valence electrons. The Morgan fingerprint density at radius 2 is 1.83 bits per heavy atom. The minimum absolute atomic E-state index is 0.102. The monoisotopic (exact) mass is 488 g/mol. The fraction of sp³-hybridized carbons (Fsp3) is 0.231. The highest BCUT2D eigenvalue weighted by molar-refractivity contribution is 7.99. The number of nitrogens with zero attached hydrogens (tertiary/aromatic N) is 5. The van der Waals surface area contributed by atoms with Crippen molar-refractivity contribution in [1.29, 1.82) is 5.26 Å². The number of benzene rings is 2. The molecule has 0 saturated carbocycles. The smallest absolute Gasteiger partial charge is 0.235 e. The molecule has 0 radical (unpaired) electrons. The summed E-state index contributed by atoms with van der Waals surface area (Å²) >= 11 is 1.28. The van der Waals surface area contributed by atoms with Crippen LogP contribution in [0.25, 0.3) is 11.4 Å². The molecule has 0 saturated heterocycles. The molecular weight excluding hydrogens is 463 g/mol. The van der Waals surface area contributed by atoms with Crippen LogP contribution in [-0.2, 0) is 18.4 Å². The van der Waals surface area contributed by atoms with E-state index in [9.17, 15) is 14.4 Å². The van der Waals surface area contributed by atoms with Crippen LogP contribution in [0.2, 0.25) is 0 Å². The van der Waals surface area contributed by atoms with Gasteiger partial charge in [-0.15, -0.1) is 10.2 Å². The Bertz CT molecular complexity index is 1430. The van der Waals surface area contributed by atoms with Crippen LogP contribution in [-0.4, -0.2) is 31.0 Å². The zero-order valence-corrected chi connectivity index (χ0v) is 20.8. The summed E-state index contributed by atoms with van der Waals surface area (Å²) in [5.74, 6) is 0.703. The minimum atomic E-state index is -0.313. The number of halogens is 1. The number of amides is 1. The summed E-state index contributed by atoms with van der Waals surface area (Å²) in [6.07, 6.45) is 0. The van der Waals surface area contributed by atoms with Crippen LogP contribution < -0.4 is 5.32 Å². The minimum Gasteiger partial charge on any atom is -0.326 e. The number of hydrogen-bond acceptors (Lipinski definition) is 5. The molecule has 0 atom stereocenters. The van der Waals surface area contributed by atoms with Crippen LogP contribution >= 0.6 is 11.8 Å². The molecule has 35 heavy (non-hydrogen) atoms. The van der Waals surface area contributed by atoms with Crippen LogP contribution in [0.4, 0.5) is 10.2 Å². The second kappa shape index (κ2) is 10.2. The van der Waals surface area contributed by atoms with Crippen molar-refractivity contribution in [2.75, 3.05) is 11.1 Å². The van der Waals surface area contributed by atoms with Crippen molar-refractivity contribution in [2.24, 2.45) is 7.05 Å². The van der Waals surface area contributed by atoms with Crippen LogP contribution in [0.1, 0.15) is 27.9 Å². The number of aromatic nitrogens is 4. The van der Waals surface area contributed by atoms with Crippen molar-refractivity contribution >= 4 is 23.5 Å². The third kappa shape index (κ3) is 4.98. The van der Waals surface area contributed by atoms with Gasteiger partial charge in [0.15, 0.2) is 11.0 Å². The first-order valence-electron chi connectivity index (χ1n) is 11.0. The standard InChI is InChI=1S/C26H25FN6OS/c1-16-7-5-6-8-21(16)25-30-31-26(32(25)4)35-15-23(34)29-24-22(13-28)17(2)18(3)33(24)14-19-9-11-20(27)12-10-19/h5-12H,14-15H2,1-4H3,(H,29,34). The van der Waals surface area contributed by atoms with Gasteiger partial charge in [-0.1, -0.05) is 48.2 Å². The molecule has 2 aromatic carbocycles. The molecule has 1 N–H and O–H groups in total. The maximum atomic E-state index is 13.3. The summed E-state index contributed by atoms with van der Waals surface area (Å²) in [6.45, 7) is 6.17. The Morgan fingerprint density at radius 3 is 2.51 bits per heavy atom. The van der Waals surface area contributed by atoms with Crippen molar-refractivity contribution < 1.29 is 9.18 Å². The van der Waals surface area contributed by atoms with E-state index in [1.807, 2.05) is 61.2 Å². The summed E-state index contributed by atoms with van der Waals surface area (Å²) in [6, 6.07) is 16.3. The second-order valence-corrected chi connectivity index (χ2v) is 9.22. The zero-order valence-electron chi connectivity index (χ0n) is 20.0. The quantitative estimate of drug-likeness (QED) is 0.370. The topological polar surface area (TPSA) is 88.5 Å². The fourth-order valence-electron chi connectivity index (χ4n) is 3.90. The van der Waals surface area contributed by atoms with Gasteiger partial charge in [-0.05, 0) is 49.6 Å². The van der Waals surface area contributed by atoms with Gasteiger partial charge in [-0.25, -0.2) is 4.39 Å². The van der Waals surface area contributed by atoms with Gasteiger partial charge in [0, 0.05) is 24.8 Å². The molecule has 9 heteroatoms. The van der Waals surface area contributed by atoms with Crippen molar-refractivity contribution in [1.82, 2.24) is 19.3 Å². The molecule has 2 heterocycles. The average molecular weight is 489 g/mol. The van der Waals surface area contributed by atoms with E-state index < -0.39 is 0 Å². The number of nitriles is 1. The van der Waals surface area contributed by atoms with Gasteiger partial charge in [0.25, 0.3) is 0 Å². The summed E-state index contributed by atoms with van der Waals surface area (Å²) in [7, 11) is 1.87. The first kappa shape index (κ1) is 24.2. The number of aryl methyl sites for hydroxylation is 1. The Balaban J connectivity index is 1.52. The number of anilines is 1. The van der Waals surface area contributed by atoms with Crippen LogP contribution in [0.5, 0.6) is 0 Å². The lowest BCUT2D eigenvalue weighted by Crippen LogP contribution is -2.19. The molecule has 4 rings (SSSR count). The highest BCUT2D eigenvalue weighted by Gasteiger charge is 2.21. The predicted molar refractivity (Wildman–Crippen MR) is 135 cm³/mol. The van der Waals surface area contributed by atoms with Gasteiger partial charge >= 0.3 is 0 Å². The summed E-state index contributed by atoms with van der Waals surface area (Å²) in [5, 5.41) is 21.8. The molecule has 0 fully saturated rings. The first-order valence-corrected chi connectivity index (χ1v) is 12.0. The maximum absolute atomic E-state index is 13.3. The summed E-state index contributed by atoms with van der Waals surface area (Å²) < 4.78 is 17.1. The van der Waals surface area contributed by atoms with E-state index in [4.69, 9.17) is 0 Å². The average Bonchev–Trinajstić information content (AvgIpc) is 3.31. The molecule has 0 spiro atoms. The SMILES string of the molecule is Cc1ccccc1-c1nnc(SCC(=O)Nc2c(C#N)c(C)c(C)n2Cc2ccc(F)cc2)n1C. The third-order valence-electron chi connectivity index (χ3n) is 6.01. The predicted octanol–water partition coefficient (Wildman–Crippen LogP) is 5.00. The van der Waals surface area contributed by atoms with Crippen LogP contribution in [0, 0.1) is 37.9 Å². The molecule has 0 aliphatic carbocycles. The molecule has 0 unspecified atom stereocenters. The summed E-state index contributed by atoms with van der Waals surface area (Å²) in [5.41, 5.74) is 5.03. The van der Waals surface area contributed by atoms with Gasteiger partial charge in [-0.2, -0.15) is 5.26 Å². The maximum Gasteiger partial charge on any atom is 0.235 e. The molecule has 4 aromatic rings. The van der Waals surface area contributed by atoms with Gasteiger partial charge in [0.2, 0.25) is 5.91 Å². The van der Waals surface area contributed by atoms with Crippen molar-refractivity contribution in [3.63, 3.8) is 0 Å². The second-order valence-electron chi connectivity index (χ2n) is 8.28. The Morgan fingerprint density at radius 1 is 1.11 bits per heavy atom. The van der Waals surface area contributed by atoms with E-state index in [1.165, 1.54) is 23.9 Å².